The van der Waals surface area contributed by atoms with Crippen LogP contribution in [0.5, 0.6) is 11.5 Å². The standard InChI is InChI=1S/C10H10O3/c1-2-3-10(13)7-4-8(11)6-9(12)5-7/h2,4-6,11-12H,1,3H2. The first-order valence-electron chi connectivity index (χ1n) is 3.80. The molecule has 1 aromatic carbocycles. The van der Waals surface area contributed by atoms with Crippen LogP contribution in [-0.4, -0.2) is 16.0 Å². The van der Waals surface area contributed by atoms with Gasteiger partial charge in [0.1, 0.15) is 11.5 Å². The lowest BCUT2D eigenvalue weighted by atomic mass is 10.1. The predicted molar refractivity (Wildman–Crippen MR) is 48.9 cm³/mol. The molecule has 1 rings (SSSR count). The van der Waals surface area contributed by atoms with Gasteiger partial charge < -0.3 is 10.2 Å². The summed E-state index contributed by atoms with van der Waals surface area (Å²) in [5.41, 5.74) is 0.289. The molecule has 2 N–H and O–H groups in total. The third kappa shape index (κ3) is 2.33. The van der Waals surface area contributed by atoms with Crippen molar-refractivity contribution in [2.24, 2.45) is 0 Å². The fourth-order valence-electron chi connectivity index (χ4n) is 1.01. The van der Waals surface area contributed by atoms with Crippen molar-refractivity contribution in [3.05, 3.63) is 36.4 Å². The van der Waals surface area contributed by atoms with Crippen LogP contribution in [0.4, 0.5) is 0 Å². The van der Waals surface area contributed by atoms with Gasteiger partial charge >= 0.3 is 0 Å². The number of ketones is 1. The minimum Gasteiger partial charge on any atom is -0.508 e. The summed E-state index contributed by atoms with van der Waals surface area (Å²) in [7, 11) is 0. The van der Waals surface area contributed by atoms with Crippen LogP contribution in [0, 0.1) is 0 Å². The lowest BCUT2D eigenvalue weighted by Gasteiger charge is -2.00. The van der Waals surface area contributed by atoms with E-state index in [1.54, 1.807) is 0 Å². The highest BCUT2D eigenvalue weighted by molar-refractivity contribution is 5.97. The Labute approximate surface area is 76.0 Å². The summed E-state index contributed by atoms with van der Waals surface area (Å²) in [5.74, 6) is -0.416. The van der Waals surface area contributed by atoms with Gasteiger partial charge in [-0.25, -0.2) is 0 Å². The van der Waals surface area contributed by atoms with Gasteiger partial charge in [-0.15, -0.1) is 6.58 Å². The minimum atomic E-state index is -0.179. The molecule has 13 heavy (non-hydrogen) atoms. The van der Waals surface area contributed by atoms with Crippen molar-refractivity contribution >= 4 is 5.78 Å². The first-order chi connectivity index (χ1) is 6.13. The fraction of sp³-hybridized carbons (Fsp3) is 0.100. The van der Waals surface area contributed by atoms with Crippen LogP contribution in [0.2, 0.25) is 0 Å². The average Bonchev–Trinajstić information content (AvgIpc) is 2.03. The third-order valence-corrected chi connectivity index (χ3v) is 1.55. The largest absolute Gasteiger partial charge is 0.508 e. The molecular weight excluding hydrogens is 168 g/mol. The molecule has 0 saturated carbocycles. The average molecular weight is 178 g/mol. The summed E-state index contributed by atoms with van der Waals surface area (Å²) in [5, 5.41) is 18.1. The summed E-state index contributed by atoms with van der Waals surface area (Å²) >= 11 is 0. The molecule has 3 nitrogen and oxygen atoms in total. The molecule has 68 valence electrons. The van der Waals surface area contributed by atoms with Crippen LogP contribution in [0.3, 0.4) is 0 Å². The lowest BCUT2D eigenvalue weighted by Crippen LogP contribution is -1.96. The van der Waals surface area contributed by atoms with E-state index < -0.39 is 0 Å². The zero-order valence-corrected chi connectivity index (χ0v) is 7.03. The number of benzene rings is 1. The van der Waals surface area contributed by atoms with E-state index in [1.165, 1.54) is 24.3 Å². The van der Waals surface area contributed by atoms with Gasteiger partial charge in [0.15, 0.2) is 5.78 Å². The zero-order valence-electron chi connectivity index (χ0n) is 7.03. The topological polar surface area (TPSA) is 57.5 Å². The van der Waals surface area contributed by atoms with Crippen molar-refractivity contribution < 1.29 is 15.0 Å². The summed E-state index contributed by atoms with van der Waals surface area (Å²) in [4.78, 5) is 11.3. The van der Waals surface area contributed by atoms with Gasteiger partial charge in [-0.05, 0) is 12.1 Å². The lowest BCUT2D eigenvalue weighted by molar-refractivity contribution is 0.0995. The molecule has 0 aromatic heterocycles. The van der Waals surface area contributed by atoms with Crippen molar-refractivity contribution in [1.29, 1.82) is 0 Å². The van der Waals surface area contributed by atoms with Crippen LogP contribution in [0.1, 0.15) is 16.8 Å². The molecule has 0 aliphatic rings. The Morgan fingerprint density at radius 3 is 2.31 bits per heavy atom. The van der Waals surface area contributed by atoms with Crippen molar-refractivity contribution in [2.45, 2.75) is 6.42 Å². The number of hydrogen-bond donors (Lipinski definition) is 2. The van der Waals surface area contributed by atoms with Gasteiger partial charge in [0.05, 0.1) is 0 Å². The Balaban J connectivity index is 3.00. The van der Waals surface area contributed by atoms with Gasteiger partial charge in [-0.2, -0.15) is 0 Å². The quantitative estimate of drug-likeness (QED) is 0.548. The number of allylic oxidation sites excluding steroid dienone is 1. The molecule has 0 spiro atoms. The van der Waals surface area contributed by atoms with Crippen LogP contribution in [0.25, 0.3) is 0 Å². The molecule has 0 aliphatic carbocycles. The molecule has 0 bridgehead atoms. The second-order valence-electron chi connectivity index (χ2n) is 2.65. The number of hydrogen-bond acceptors (Lipinski definition) is 3. The van der Waals surface area contributed by atoms with Gasteiger partial charge in [-0.1, -0.05) is 6.08 Å². The monoisotopic (exact) mass is 178 g/mol. The number of phenols is 2. The molecule has 0 unspecified atom stereocenters. The van der Waals surface area contributed by atoms with Crippen molar-refractivity contribution in [2.75, 3.05) is 0 Å². The van der Waals surface area contributed by atoms with E-state index >= 15 is 0 Å². The predicted octanol–water partition coefficient (Wildman–Crippen LogP) is 1.86. The van der Waals surface area contributed by atoms with Gasteiger partial charge in [0.2, 0.25) is 0 Å². The number of phenolic OH excluding ortho intramolecular Hbond substituents is 2. The number of carbonyl (C=O) groups excluding carboxylic acids is 1. The minimum absolute atomic E-state index is 0.118. The molecular formula is C10H10O3. The molecule has 0 heterocycles. The van der Waals surface area contributed by atoms with Crippen molar-refractivity contribution in [3.8, 4) is 11.5 Å². The van der Waals surface area contributed by atoms with E-state index in [2.05, 4.69) is 6.58 Å². The third-order valence-electron chi connectivity index (χ3n) is 1.55. The van der Waals surface area contributed by atoms with Crippen molar-refractivity contribution in [3.63, 3.8) is 0 Å². The van der Waals surface area contributed by atoms with E-state index in [0.29, 0.717) is 0 Å². The Bertz CT molecular complexity index is 322. The van der Waals surface area contributed by atoms with Crippen LogP contribution >= 0.6 is 0 Å². The summed E-state index contributed by atoms with van der Waals surface area (Å²) in [6.45, 7) is 3.43. The fourth-order valence-corrected chi connectivity index (χ4v) is 1.01. The summed E-state index contributed by atoms with van der Waals surface area (Å²) in [6, 6.07) is 3.79. The normalized spacial score (nSPS) is 9.54. The molecule has 0 amide bonds. The summed E-state index contributed by atoms with van der Waals surface area (Å²) < 4.78 is 0. The highest BCUT2D eigenvalue weighted by Crippen LogP contribution is 2.21. The molecule has 0 fully saturated rings. The second-order valence-corrected chi connectivity index (χ2v) is 2.65. The Morgan fingerprint density at radius 2 is 1.85 bits per heavy atom. The summed E-state index contributed by atoms with van der Waals surface area (Å²) in [6.07, 6.45) is 1.67. The van der Waals surface area contributed by atoms with E-state index in [1.807, 2.05) is 0 Å². The molecule has 0 radical (unpaired) electrons. The Kier molecular flexibility index (Phi) is 2.69. The number of rotatable bonds is 3. The molecule has 0 aliphatic heterocycles. The Hall–Kier alpha value is -1.77. The number of aromatic hydroxyl groups is 2. The maximum atomic E-state index is 11.3. The van der Waals surface area contributed by atoms with Crippen LogP contribution in [0.15, 0.2) is 30.9 Å². The SMILES string of the molecule is C=CCC(=O)c1cc(O)cc(O)c1. The first-order valence-corrected chi connectivity index (χ1v) is 3.80. The molecule has 0 saturated heterocycles. The zero-order chi connectivity index (χ0) is 9.84. The molecule has 0 atom stereocenters. The van der Waals surface area contributed by atoms with Crippen LogP contribution in [-0.2, 0) is 0 Å². The maximum Gasteiger partial charge on any atom is 0.166 e. The highest BCUT2D eigenvalue weighted by atomic mass is 16.3. The van der Waals surface area contributed by atoms with E-state index in [9.17, 15) is 4.79 Å². The number of Topliss-reactive ketones (excluding diaryl/α,β-unsaturated/α-hetero) is 1. The first kappa shape index (κ1) is 9.32. The maximum absolute atomic E-state index is 11.3. The second kappa shape index (κ2) is 3.76. The van der Waals surface area contributed by atoms with Gasteiger partial charge in [0.25, 0.3) is 0 Å². The van der Waals surface area contributed by atoms with Crippen molar-refractivity contribution in [1.82, 2.24) is 0 Å². The Morgan fingerprint density at radius 1 is 1.31 bits per heavy atom. The molecule has 1 aromatic rings. The van der Waals surface area contributed by atoms with E-state index in [-0.39, 0.29) is 29.3 Å². The van der Waals surface area contributed by atoms with Gasteiger partial charge in [0, 0.05) is 18.1 Å². The smallest absolute Gasteiger partial charge is 0.166 e. The van der Waals surface area contributed by atoms with Gasteiger partial charge in [-0.3, -0.25) is 4.79 Å². The molecule has 3 heteroatoms. The van der Waals surface area contributed by atoms with E-state index in [4.69, 9.17) is 10.2 Å². The number of carbonyl (C=O) groups is 1. The highest BCUT2D eigenvalue weighted by Gasteiger charge is 2.06. The van der Waals surface area contributed by atoms with Crippen LogP contribution < -0.4 is 0 Å². The van der Waals surface area contributed by atoms with E-state index in [0.717, 1.165) is 0 Å².